The minimum atomic E-state index is -0.143. The zero-order valence-electron chi connectivity index (χ0n) is 12.1. The summed E-state index contributed by atoms with van der Waals surface area (Å²) in [6, 6.07) is 6.69. The van der Waals surface area contributed by atoms with Crippen molar-refractivity contribution in [3.63, 3.8) is 0 Å². The van der Waals surface area contributed by atoms with E-state index in [0.717, 1.165) is 6.42 Å². The van der Waals surface area contributed by atoms with E-state index in [-0.39, 0.29) is 5.97 Å². The van der Waals surface area contributed by atoms with E-state index in [1.54, 1.807) is 0 Å². The highest BCUT2D eigenvalue weighted by molar-refractivity contribution is 5.69. The Balaban J connectivity index is 2.92. The summed E-state index contributed by atoms with van der Waals surface area (Å²) in [6.07, 6.45) is 1.21. The molecule has 0 aliphatic carbocycles. The molecule has 1 aromatic carbocycles. The molecule has 1 aromatic rings. The predicted molar refractivity (Wildman–Crippen MR) is 75.0 cm³/mol. The van der Waals surface area contributed by atoms with E-state index in [9.17, 15) is 4.79 Å². The van der Waals surface area contributed by atoms with Crippen LogP contribution in [0.15, 0.2) is 18.2 Å². The van der Waals surface area contributed by atoms with Gasteiger partial charge in [0.1, 0.15) is 0 Å². The predicted octanol–water partition coefficient (Wildman–Crippen LogP) is 4.04. The van der Waals surface area contributed by atoms with Crippen LogP contribution in [-0.2, 0) is 16.0 Å². The van der Waals surface area contributed by atoms with Crippen LogP contribution in [0.2, 0.25) is 0 Å². The molecule has 0 saturated heterocycles. The van der Waals surface area contributed by atoms with Crippen molar-refractivity contribution in [3.05, 3.63) is 34.9 Å². The maximum Gasteiger partial charge on any atom is 0.305 e. The van der Waals surface area contributed by atoms with Crippen molar-refractivity contribution in [3.8, 4) is 0 Å². The van der Waals surface area contributed by atoms with Gasteiger partial charge in [-0.15, -0.1) is 0 Å². The van der Waals surface area contributed by atoms with Crippen LogP contribution in [0.25, 0.3) is 0 Å². The van der Waals surface area contributed by atoms with Gasteiger partial charge in [0.2, 0.25) is 0 Å². The lowest BCUT2D eigenvalue weighted by atomic mass is 9.92. The van der Waals surface area contributed by atoms with Crippen LogP contribution in [0, 0.1) is 0 Å². The van der Waals surface area contributed by atoms with E-state index >= 15 is 0 Å². The van der Waals surface area contributed by atoms with Crippen LogP contribution in [0.3, 0.4) is 0 Å². The van der Waals surface area contributed by atoms with E-state index in [2.05, 4.69) is 50.6 Å². The monoisotopic (exact) mass is 248 g/mol. The summed E-state index contributed by atoms with van der Waals surface area (Å²) in [5, 5.41) is 0. The van der Waals surface area contributed by atoms with Gasteiger partial charge >= 0.3 is 5.97 Å². The van der Waals surface area contributed by atoms with Crippen LogP contribution in [-0.4, -0.2) is 13.1 Å². The van der Waals surface area contributed by atoms with Crippen molar-refractivity contribution in [2.24, 2.45) is 0 Å². The Hall–Kier alpha value is -1.31. The van der Waals surface area contributed by atoms with Crippen LogP contribution in [0.4, 0.5) is 0 Å². The molecule has 0 atom stereocenters. The summed E-state index contributed by atoms with van der Waals surface area (Å²) in [7, 11) is 1.44. The maximum absolute atomic E-state index is 11.2. The number of carbonyl (C=O) groups is 1. The van der Waals surface area contributed by atoms with Gasteiger partial charge in [-0.05, 0) is 34.9 Å². The lowest BCUT2D eigenvalue weighted by Crippen LogP contribution is -2.03. The molecule has 0 aromatic heterocycles. The smallest absolute Gasteiger partial charge is 0.305 e. The normalized spacial score (nSPS) is 11.1. The summed E-state index contributed by atoms with van der Waals surface area (Å²) < 4.78 is 4.69. The van der Waals surface area contributed by atoms with Crippen molar-refractivity contribution in [1.29, 1.82) is 0 Å². The first-order chi connectivity index (χ1) is 8.43. The minimum Gasteiger partial charge on any atom is -0.469 e. The summed E-state index contributed by atoms with van der Waals surface area (Å²) >= 11 is 0. The third kappa shape index (κ3) is 4.17. The molecule has 0 radical (unpaired) electrons. The van der Waals surface area contributed by atoms with Gasteiger partial charge in [-0.3, -0.25) is 4.79 Å². The molecule has 0 amide bonds. The molecule has 0 saturated carbocycles. The first kappa shape index (κ1) is 14.7. The molecule has 0 aliphatic rings. The number of carbonyl (C=O) groups excluding carboxylic acids is 1. The van der Waals surface area contributed by atoms with Crippen molar-refractivity contribution >= 4 is 5.97 Å². The molecular formula is C16H24O2. The Morgan fingerprint density at radius 3 is 1.94 bits per heavy atom. The topological polar surface area (TPSA) is 26.3 Å². The second-order valence-electron chi connectivity index (χ2n) is 5.39. The number of esters is 1. The largest absolute Gasteiger partial charge is 0.469 e. The van der Waals surface area contributed by atoms with Gasteiger partial charge in [0.05, 0.1) is 7.11 Å². The van der Waals surface area contributed by atoms with E-state index in [0.29, 0.717) is 18.3 Å². The fourth-order valence-electron chi connectivity index (χ4n) is 1.91. The first-order valence-corrected chi connectivity index (χ1v) is 6.64. The number of rotatable bonds is 5. The summed E-state index contributed by atoms with van der Waals surface area (Å²) in [5.74, 6) is 0.886. The van der Waals surface area contributed by atoms with Gasteiger partial charge in [0.25, 0.3) is 0 Å². The fourth-order valence-corrected chi connectivity index (χ4v) is 1.91. The van der Waals surface area contributed by atoms with Crippen molar-refractivity contribution < 1.29 is 9.53 Å². The molecule has 0 spiro atoms. The average molecular weight is 248 g/mol. The molecule has 0 unspecified atom stereocenters. The van der Waals surface area contributed by atoms with Crippen molar-refractivity contribution in [2.45, 2.75) is 52.4 Å². The van der Waals surface area contributed by atoms with Crippen molar-refractivity contribution in [1.82, 2.24) is 0 Å². The SMILES string of the molecule is COC(=O)CCc1cc(C(C)C)cc(C(C)C)c1. The third-order valence-corrected chi connectivity index (χ3v) is 3.22. The zero-order valence-corrected chi connectivity index (χ0v) is 12.1. The minimum absolute atomic E-state index is 0.143. The second kappa shape index (κ2) is 6.58. The quantitative estimate of drug-likeness (QED) is 0.735. The molecule has 2 heteroatoms. The highest BCUT2D eigenvalue weighted by Gasteiger charge is 2.08. The van der Waals surface area contributed by atoms with Gasteiger partial charge in [-0.25, -0.2) is 0 Å². The van der Waals surface area contributed by atoms with Gasteiger partial charge in [-0.2, -0.15) is 0 Å². The molecule has 0 fully saturated rings. The average Bonchev–Trinajstić information content (AvgIpc) is 2.35. The molecular weight excluding hydrogens is 224 g/mol. The number of hydrogen-bond donors (Lipinski definition) is 0. The van der Waals surface area contributed by atoms with Gasteiger partial charge in [-0.1, -0.05) is 45.9 Å². The Labute approximate surface area is 110 Å². The van der Waals surface area contributed by atoms with Crippen LogP contribution in [0.5, 0.6) is 0 Å². The Bertz CT molecular complexity index is 379. The van der Waals surface area contributed by atoms with E-state index in [1.165, 1.54) is 23.8 Å². The van der Waals surface area contributed by atoms with E-state index in [1.807, 2.05) is 0 Å². The van der Waals surface area contributed by atoms with Gasteiger partial charge in [0, 0.05) is 6.42 Å². The molecule has 0 aliphatic heterocycles. The van der Waals surface area contributed by atoms with E-state index in [4.69, 9.17) is 0 Å². The highest BCUT2D eigenvalue weighted by Crippen LogP contribution is 2.24. The highest BCUT2D eigenvalue weighted by atomic mass is 16.5. The molecule has 0 bridgehead atoms. The van der Waals surface area contributed by atoms with Crippen molar-refractivity contribution in [2.75, 3.05) is 7.11 Å². The first-order valence-electron chi connectivity index (χ1n) is 6.64. The Morgan fingerprint density at radius 1 is 1.06 bits per heavy atom. The number of aryl methyl sites for hydroxylation is 1. The number of hydrogen-bond acceptors (Lipinski definition) is 2. The number of methoxy groups -OCH3 is 1. The lowest BCUT2D eigenvalue weighted by molar-refractivity contribution is -0.140. The van der Waals surface area contributed by atoms with Gasteiger partial charge in [0.15, 0.2) is 0 Å². The molecule has 0 heterocycles. The van der Waals surface area contributed by atoms with Crippen LogP contribution >= 0.6 is 0 Å². The summed E-state index contributed by atoms with van der Waals surface area (Å²) in [4.78, 5) is 11.2. The Morgan fingerprint density at radius 2 is 1.56 bits per heavy atom. The summed E-state index contributed by atoms with van der Waals surface area (Å²) in [5.41, 5.74) is 3.93. The van der Waals surface area contributed by atoms with E-state index < -0.39 is 0 Å². The van der Waals surface area contributed by atoms with Gasteiger partial charge < -0.3 is 4.74 Å². The molecule has 0 N–H and O–H groups in total. The summed E-state index contributed by atoms with van der Waals surface area (Å²) in [6.45, 7) is 8.79. The maximum atomic E-state index is 11.2. The molecule has 2 nitrogen and oxygen atoms in total. The fraction of sp³-hybridized carbons (Fsp3) is 0.562. The second-order valence-corrected chi connectivity index (χ2v) is 5.39. The van der Waals surface area contributed by atoms with Crippen LogP contribution < -0.4 is 0 Å². The third-order valence-electron chi connectivity index (χ3n) is 3.22. The lowest BCUT2D eigenvalue weighted by Gasteiger charge is -2.14. The standard InChI is InChI=1S/C16H24O2/c1-11(2)14-8-13(6-7-16(17)18-5)9-15(10-14)12(3)4/h8-12H,6-7H2,1-5H3. The molecule has 100 valence electrons. The molecule has 1 rings (SSSR count). The number of ether oxygens (including phenoxy) is 1. The van der Waals surface area contributed by atoms with Crippen LogP contribution in [0.1, 0.15) is 62.6 Å². The zero-order chi connectivity index (χ0) is 13.7. The number of benzene rings is 1. The molecule has 18 heavy (non-hydrogen) atoms. The Kier molecular flexibility index (Phi) is 5.39.